The summed E-state index contributed by atoms with van der Waals surface area (Å²) in [6.45, 7) is -0.563. The summed E-state index contributed by atoms with van der Waals surface area (Å²) in [6, 6.07) is 17.5. The normalized spacial score (nSPS) is 11.2. The number of anilines is 1. The van der Waals surface area contributed by atoms with Crippen LogP contribution >= 0.6 is 0 Å². The van der Waals surface area contributed by atoms with Gasteiger partial charge < -0.3 is 9.47 Å². The molecule has 0 heterocycles. The monoisotopic (exact) mass is 471 g/mol. The molecule has 0 aliphatic rings. The van der Waals surface area contributed by atoms with Gasteiger partial charge in [-0.3, -0.25) is 9.10 Å². The topological polar surface area (TPSA) is 97.3 Å². The Morgan fingerprint density at radius 3 is 2.30 bits per heavy atom. The highest BCUT2D eigenvalue weighted by Crippen LogP contribution is 2.27. The van der Waals surface area contributed by atoms with E-state index in [4.69, 9.17) is 9.47 Å². The van der Waals surface area contributed by atoms with Gasteiger partial charge in [-0.1, -0.05) is 18.2 Å². The molecule has 0 aliphatic carbocycles. The Morgan fingerprint density at radius 1 is 1.00 bits per heavy atom. The third-order valence-electron chi connectivity index (χ3n) is 4.54. The number of ether oxygens (including phenoxy) is 2. The van der Waals surface area contributed by atoms with Gasteiger partial charge in [-0.2, -0.15) is 5.10 Å². The highest BCUT2D eigenvalue weighted by Gasteiger charge is 2.27. The number of benzene rings is 3. The molecule has 0 unspecified atom stereocenters. The van der Waals surface area contributed by atoms with Crippen molar-refractivity contribution in [1.82, 2.24) is 5.43 Å². The van der Waals surface area contributed by atoms with Crippen LogP contribution in [0.5, 0.6) is 11.5 Å². The molecule has 0 bridgehead atoms. The smallest absolute Gasteiger partial charge is 0.264 e. The fraction of sp³-hybridized carbons (Fsp3) is 0.130. The van der Waals surface area contributed by atoms with Gasteiger partial charge in [0.05, 0.1) is 31.0 Å². The van der Waals surface area contributed by atoms with Crippen molar-refractivity contribution in [2.24, 2.45) is 5.10 Å². The van der Waals surface area contributed by atoms with Gasteiger partial charge >= 0.3 is 0 Å². The highest BCUT2D eigenvalue weighted by molar-refractivity contribution is 7.92. The fourth-order valence-corrected chi connectivity index (χ4v) is 4.36. The fourth-order valence-electron chi connectivity index (χ4n) is 2.92. The van der Waals surface area contributed by atoms with Crippen molar-refractivity contribution in [2.75, 3.05) is 25.1 Å². The van der Waals surface area contributed by atoms with Crippen molar-refractivity contribution in [3.05, 3.63) is 84.2 Å². The number of rotatable bonds is 9. The van der Waals surface area contributed by atoms with Gasteiger partial charge in [0, 0.05) is 0 Å². The van der Waals surface area contributed by atoms with Gasteiger partial charge in [-0.05, 0) is 60.2 Å². The molecule has 1 N–H and O–H groups in total. The molecular weight excluding hydrogens is 449 g/mol. The van der Waals surface area contributed by atoms with E-state index in [1.54, 1.807) is 36.4 Å². The van der Waals surface area contributed by atoms with Crippen molar-refractivity contribution in [1.29, 1.82) is 0 Å². The summed E-state index contributed by atoms with van der Waals surface area (Å²) in [5.74, 6) is -0.181. The van der Waals surface area contributed by atoms with E-state index in [0.29, 0.717) is 17.1 Å². The summed E-state index contributed by atoms with van der Waals surface area (Å²) in [5.41, 5.74) is 3.07. The molecule has 3 aromatic rings. The lowest BCUT2D eigenvalue weighted by atomic mass is 10.2. The number of nitrogens with one attached hydrogen (secondary N) is 1. The second-order valence-electron chi connectivity index (χ2n) is 6.71. The Bertz CT molecular complexity index is 1230. The molecule has 0 saturated heterocycles. The van der Waals surface area contributed by atoms with E-state index >= 15 is 0 Å². The maximum Gasteiger partial charge on any atom is 0.264 e. The maximum absolute atomic E-state index is 13.4. The van der Waals surface area contributed by atoms with Crippen LogP contribution in [0.3, 0.4) is 0 Å². The second-order valence-corrected chi connectivity index (χ2v) is 8.57. The lowest BCUT2D eigenvalue weighted by Crippen LogP contribution is -2.39. The highest BCUT2D eigenvalue weighted by atomic mass is 32.2. The molecule has 33 heavy (non-hydrogen) atoms. The van der Waals surface area contributed by atoms with E-state index < -0.39 is 28.3 Å². The number of halogens is 1. The SMILES string of the molecule is COc1ccc(/C=N\NC(=O)CN(c2ccc(F)cc2)S(=O)(=O)c2ccccc2)cc1OC. The van der Waals surface area contributed by atoms with Gasteiger partial charge in [0.25, 0.3) is 15.9 Å². The zero-order valence-electron chi connectivity index (χ0n) is 17.9. The predicted molar refractivity (Wildman–Crippen MR) is 123 cm³/mol. The molecule has 0 aliphatic heterocycles. The molecule has 0 spiro atoms. The van der Waals surface area contributed by atoms with E-state index in [1.165, 1.54) is 44.7 Å². The number of hydrazone groups is 1. The van der Waals surface area contributed by atoms with Crippen molar-refractivity contribution in [2.45, 2.75) is 4.90 Å². The van der Waals surface area contributed by atoms with Crippen LogP contribution < -0.4 is 19.2 Å². The largest absolute Gasteiger partial charge is 0.493 e. The van der Waals surface area contributed by atoms with Gasteiger partial charge in [0.15, 0.2) is 11.5 Å². The second kappa shape index (κ2) is 10.6. The third-order valence-corrected chi connectivity index (χ3v) is 6.33. The van der Waals surface area contributed by atoms with Crippen LogP contribution in [0.4, 0.5) is 10.1 Å². The molecule has 0 aromatic heterocycles. The molecule has 8 nitrogen and oxygen atoms in total. The average Bonchev–Trinajstić information content (AvgIpc) is 2.83. The number of nitrogens with zero attached hydrogens (tertiary/aromatic N) is 2. The van der Waals surface area contributed by atoms with Crippen molar-refractivity contribution < 1.29 is 27.1 Å². The van der Waals surface area contributed by atoms with Crippen LogP contribution in [0.1, 0.15) is 5.56 Å². The van der Waals surface area contributed by atoms with Gasteiger partial charge in [-0.25, -0.2) is 18.2 Å². The van der Waals surface area contributed by atoms with Gasteiger partial charge in [0.2, 0.25) is 0 Å². The van der Waals surface area contributed by atoms with Crippen LogP contribution in [-0.4, -0.2) is 41.3 Å². The Hall–Kier alpha value is -3.92. The molecule has 0 radical (unpaired) electrons. The zero-order valence-corrected chi connectivity index (χ0v) is 18.8. The Labute approximate surface area is 191 Å². The Balaban J connectivity index is 1.79. The van der Waals surface area contributed by atoms with E-state index in [2.05, 4.69) is 10.5 Å². The minimum Gasteiger partial charge on any atom is -0.493 e. The van der Waals surface area contributed by atoms with E-state index in [1.807, 2.05) is 0 Å². The molecule has 0 saturated carbocycles. The Morgan fingerprint density at radius 2 is 1.67 bits per heavy atom. The summed E-state index contributed by atoms with van der Waals surface area (Å²) in [4.78, 5) is 12.5. The van der Waals surface area contributed by atoms with E-state index in [9.17, 15) is 17.6 Å². The summed E-state index contributed by atoms with van der Waals surface area (Å²) in [6.07, 6.45) is 1.38. The first-order valence-electron chi connectivity index (χ1n) is 9.72. The Kier molecular flexibility index (Phi) is 7.62. The standard InChI is InChI=1S/C23H22FN3O5S/c1-31-21-13-8-17(14-22(21)32-2)15-25-26-23(28)16-27(19-11-9-18(24)10-12-19)33(29,30)20-6-4-3-5-7-20/h3-15H,16H2,1-2H3,(H,26,28)/b25-15-. The first kappa shape index (κ1) is 23.7. The number of sulfonamides is 1. The van der Waals surface area contributed by atoms with Crippen LogP contribution in [-0.2, 0) is 14.8 Å². The van der Waals surface area contributed by atoms with Crippen molar-refractivity contribution in [3.63, 3.8) is 0 Å². The molecule has 3 rings (SSSR count). The molecule has 10 heteroatoms. The quantitative estimate of drug-likeness (QED) is 0.382. The van der Waals surface area contributed by atoms with E-state index in [-0.39, 0.29) is 10.6 Å². The summed E-state index contributed by atoms with van der Waals surface area (Å²) >= 11 is 0. The van der Waals surface area contributed by atoms with Crippen LogP contribution in [0.2, 0.25) is 0 Å². The summed E-state index contributed by atoms with van der Waals surface area (Å²) in [7, 11) is -1.07. The molecule has 0 fully saturated rings. The predicted octanol–water partition coefficient (Wildman–Crippen LogP) is 3.19. The molecule has 0 atom stereocenters. The minimum atomic E-state index is -4.09. The van der Waals surface area contributed by atoms with Crippen molar-refractivity contribution in [3.8, 4) is 11.5 Å². The zero-order chi connectivity index (χ0) is 23.8. The number of hydrogen-bond acceptors (Lipinski definition) is 6. The summed E-state index contributed by atoms with van der Waals surface area (Å²) in [5, 5.41) is 3.89. The van der Waals surface area contributed by atoms with Crippen molar-refractivity contribution >= 4 is 27.8 Å². The minimum absolute atomic E-state index is 0.00375. The lowest BCUT2D eigenvalue weighted by Gasteiger charge is -2.23. The van der Waals surface area contributed by atoms with Gasteiger partial charge in [0.1, 0.15) is 12.4 Å². The first-order chi connectivity index (χ1) is 15.8. The number of hydrogen-bond donors (Lipinski definition) is 1. The first-order valence-corrected chi connectivity index (χ1v) is 11.2. The lowest BCUT2D eigenvalue weighted by molar-refractivity contribution is -0.119. The van der Waals surface area contributed by atoms with Crippen LogP contribution in [0, 0.1) is 5.82 Å². The number of carbonyl (C=O) groups excluding carboxylic acids is 1. The number of amides is 1. The molecule has 172 valence electrons. The average molecular weight is 472 g/mol. The van der Waals surface area contributed by atoms with Crippen LogP contribution in [0.25, 0.3) is 0 Å². The van der Waals surface area contributed by atoms with Gasteiger partial charge in [-0.15, -0.1) is 0 Å². The molecular formula is C23H22FN3O5S. The third kappa shape index (κ3) is 5.86. The number of methoxy groups -OCH3 is 2. The summed E-state index contributed by atoms with van der Waals surface area (Å²) < 4.78 is 51.0. The van der Waals surface area contributed by atoms with Crippen LogP contribution in [0.15, 0.2) is 82.8 Å². The van der Waals surface area contributed by atoms with E-state index in [0.717, 1.165) is 16.4 Å². The molecule has 3 aromatic carbocycles. The number of carbonyl (C=O) groups is 1. The maximum atomic E-state index is 13.4. The molecule has 1 amide bonds.